The fourth-order valence-electron chi connectivity index (χ4n) is 0.747. The number of hydrogen-bond acceptors (Lipinski definition) is 3. The van der Waals surface area contributed by atoms with Crippen LogP contribution in [0, 0.1) is 0 Å². The maximum atomic E-state index is 12.7. The molecule has 0 aromatic heterocycles. The molecule has 0 aromatic rings. The maximum absolute atomic E-state index is 12.7. The zero-order chi connectivity index (χ0) is 14.8. The van der Waals surface area contributed by atoms with Crippen molar-refractivity contribution in [3.05, 3.63) is 0 Å². The highest BCUT2D eigenvalue weighted by atomic mass is 19.4. The van der Waals surface area contributed by atoms with Crippen molar-refractivity contribution in [3.63, 3.8) is 0 Å². The van der Waals surface area contributed by atoms with Crippen LogP contribution in [-0.4, -0.2) is 36.6 Å². The number of carbonyl (C=O) groups excluding carboxylic acids is 1. The lowest BCUT2D eigenvalue weighted by atomic mass is 10.2. The van der Waals surface area contributed by atoms with Gasteiger partial charge in [0.25, 0.3) is 6.17 Å². The molecule has 0 fully saturated rings. The molecule has 0 aliphatic carbocycles. The Morgan fingerprint density at radius 3 is 1.89 bits per heavy atom. The number of halogens is 6. The van der Waals surface area contributed by atoms with Gasteiger partial charge in [0.15, 0.2) is 6.61 Å². The van der Waals surface area contributed by atoms with E-state index < -0.39 is 36.6 Å². The van der Waals surface area contributed by atoms with Crippen molar-refractivity contribution in [3.8, 4) is 0 Å². The lowest BCUT2D eigenvalue weighted by molar-refractivity contribution is -0.253. The summed E-state index contributed by atoms with van der Waals surface area (Å²) in [5.41, 5.74) is -1.06. The molecule has 0 bridgehead atoms. The van der Waals surface area contributed by atoms with E-state index in [0.29, 0.717) is 0 Å². The van der Waals surface area contributed by atoms with Crippen LogP contribution >= 0.6 is 0 Å². The second-order valence-electron chi connectivity index (χ2n) is 4.42. The first kappa shape index (κ1) is 16.9. The van der Waals surface area contributed by atoms with E-state index in [1.807, 2.05) is 0 Å². The molecule has 0 aliphatic heterocycles. The normalized spacial score (nSPS) is 15.2. The summed E-state index contributed by atoms with van der Waals surface area (Å²) in [6, 6.07) is 0. The quantitative estimate of drug-likeness (QED) is 0.587. The van der Waals surface area contributed by atoms with Gasteiger partial charge < -0.3 is 9.47 Å². The molecule has 0 saturated carbocycles. The van der Waals surface area contributed by atoms with Crippen LogP contribution in [0.25, 0.3) is 0 Å². The first-order chi connectivity index (χ1) is 7.76. The zero-order valence-corrected chi connectivity index (χ0v) is 9.78. The van der Waals surface area contributed by atoms with E-state index in [1.165, 1.54) is 20.8 Å². The average molecular weight is 282 g/mol. The fourth-order valence-corrected chi connectivity index (χ4v) is 0.747. The molecule has 0 heterocycles. The molecule has 108 valence electrons. The van der Waals surface area contributed by atoms with Gasteiger partial charge in [-0.25, -0.2) is 9.18 Å². The van der Waals surface area contributed by atoms with Crippen LogP contribution in [0.3, 0.4) is 0 Å². The van der Waals surface area contributed by atoms with Crippen molar-refractivity contribution in [2.24, 2.45) is 0 Å². The second-order valence-corrected chi connectivity index (χ2v) is 4.42. The summed E-state index contributed by atoms with van der Waals surface area (Å²) in [4.78, 5) is 10.8. The molecule has 0 amide bonds. The number of carbonyl (C=O) groups is 1. The van der Waals surface area contributed by atoms with Crippen LogP contribution in [0.1, 0.15) is 20.8 Å². The van der Waals surface area contributed by atoms with Gasteiger partial charge in [-0.2, -0.15) is 22.0 Å². The van der Waals surface area contributed by atoms with Crippen molar-refractivity contribution in [2.45, 2.75) is 44.6 Å². The SMILES string of the molecule is CC(C)(C)OC(=O)OCC(F)(F)[C@@H](F)C(F)(F)F. The minimum absolute atomic E-state index is 1.06. The van der Waals surface area contributed by atoms with Gasteiger partial charge in [0, 0.05) is 0 Å². The van der Waals surface area contributed by atoms with E-state index in [0.717, 1.165) is 0 Å². The Labute approximate surface area is 99.0 Å². The van der Waals surface area contributed by atoms with Crippen LogP contribution in [0.4, 0.5) is 31.1 Å². The first-order valence-corrected chi connectivity index (χ1v) is 4.70. The second kappa shape index (κ2) is 5.23. The smallest absolute Gasteiger partial charge is 0.429 e. The Morgan fingerprint density at radius 1 is 1.11 bits per heavy atom. The molecule has 0 aromatic carbocycles. The summed E-state index contributed by atoms with van der Waals surface area (Å²) < 4.78 is 81.0. The van der Waals surface area contributed by atoms with Crippen LogP contribution in [0.2, 0.25) is 0 Å². The van der Waals surface area contributed by atoms with Crippen molar-refractivity contribution < 1.29 is 40.6 Å². The monoisotopic (exact) mass is 282 g/mol. The molecule has 18 heavy (non-hydrogen) atoms. The zero-order valence-electron chi connectivity index (χ0n) is 9.78. The van der Waals surface area contributed by atoms with E-state index in [1.54, 1.807) is 0 Å². The van der Waals surface area contributed by atoms with Crippen LogP contribution in [0.15, 0.2) is 0 Å². The van der Waals surface area contributed by atoms with Crippen LogP contribution in [0.5, 0.6) is 0 Å². The van der Waals surface area contributed by atoms with E-state index >= 15 is 0 Å². The predicted octanol–water partition coefficient (Wildman–Crippen LogP) is 3.47. The maximum Gasteiger partial charge on any atom is 0.509 e. The van der Waals surface area contributed by atoms with E-state index in [4.69, 9.17) is 0 Å². The minimum Gasteiger partial charge on any atom is -0.429 e. The van der Waals surface area contributed by atoms with Gasteiger partial charge in [-0.3, -0.25) is 0 Å². The lowest BCUT2D eigenvalue weighted by Crippen LogP contribution is -2.45. The third-order valence-corrected chi connectivity index (χ3v) is 1.43. The Morgan fingerprint density at radius 2 is 1.56 bits per heavy atom. The summed E-state index contributed by atoms with van der Waals surface area (Å²) in [5.74, 6) is -4.87. The van der Waals surface area contributed by atoms with Crippen LogP contribution in [-0.2, 0) is 9.47 Å². The lowest BCUT2D eigenvalue weighted by Gasteiger charge is -2.23. The van der Waals surface area contributed by atoms with Crippen molar-refractivity contribution in [2.75, 3.05) is 6.61 Å². The molecular formula is C9H12F6O3. The van der Waals surface area contributed by atoms with Crippen molar-refractivity contribution in [1.82, 2.24) is 0 Å². The molecule has 0 N–H and O–H groups in total. The molecule has 0 rings (SSSR count). The minimum atomic E-state index is -5.74. The Kier molecular flexibility index (Phi) is 4.90. The highest BCUT2D eigenvalue weighted by Gasteiger charge is 2.57. The topological polar surface area (TPSA) is 35.5 Å². The van der Waals surface area contributed by atoms with E-state index in [9.17, 15) is 31.1 Å². The highest BCUT2D eigenvalue weighted by Crippen LogP contribution is 2.35. The number of ether oxygens (including phenoxy) is 2. The third kappa shape index (κ3) is 5.97. The molecule has 0 spiro atoms. The van der Waals surface area contributed by atoms with Crippen molar-refractivity contribution in [1.29, 1.82) is 0 Å². The van der Waals surface area contributed by atoms with E-state index in [-0.39, 0.29) is 0 Å². The molecule has 0 aliphatic rings. The van der Waals surface area contributed by atoms with Gasteiger partial charge >= 0.3 is 18.3 Å². The van der Waals surface area contributed by atoms with Crippen LogP contribution < -0.4 is 0 Å². The Hall–Kier alpha value is -1.15. The molecule has 3 nitrogen and oxygen atoms in total. The molecule has 0 unspecified atom stereocenters. The fraction of sp³-hybridized carbons (Fsp3) is 0.889. The largest absolute Gasteiger partial charge is 0.509 e. The highest BCUT2D eigenvalue weighted by molar-refractivity contribution is 5.60. The molecule has 1 atom stereocenters. The third-order valence-electron chi connectivity index (χ3n) is 1.43. The van der Waals surface area contributed by atoms with Gasteiger partial charge in [-0.1, -0.05) is 0 Å². The Balaban J connectivity index is 4.40. The van der Waals surface area contributed by atoms with Crippen molar-refractivity contribution >= 4 is 6.16 Å². The van der Waals surface area contributed by atoms with Gasteiger partial charge in [-0.15, -0.1) is 0 Å². The number of rotatable bonds is 3. The Bertz CT molecular complexity index is 294. The molecular weight excluding hydrogens is 270 g/mol. The summed E-state index contributed by atoms with van der Waals surface area (Å²) >= 11 is 0. The standard InChI is InChI=1S/C9H12F6O3/c1-7(2,3)18-6(16)17-4-8(11,12)5(10)9(13,14)15/h5H,4H2,1-3H3/t5-/m1/s1. The number of hydrogen-bond donors (Lipinski definition) is 0. The van der Waals surface area contributed by atoms with Gasteiger partial charge in [-0.05, 0) is 20.8 Å². The summed E-state index contributed by atoms with van der Waals surface area (Å²) in [5, 5.41) is 0. The molecule has 0 saturated heterocycles. The summed E-state index contributed by atoms with van der Waals surface area (Å²) in [6.07, 6.45) is -11.7. The number of alkyl halides is 6. The van der Waals surface area contributed by atoms with Gasteiger partial charge in [0.05, 0.1) is 0 Å². The average Bonchev–Trinajstić information content (AvgIpc) is 2.09. The predicted molar refractivity (Wildman–Crippen MR) is 48.1 cm³/mol. The van der Waals surface area contributed by atoms with Gasteiger partial charge in [0.1, 0.15) is 5.60 Å². The molecule has 0 radical (unpaired) electrons. The van der Waals surface area contributed by atoms with Gasteiger partial charge in [0.2, 0.25) is 0 Å². The van der Waals surface area contributed by atoms with E-state index in [2.05, 4.69) is 9.47 Å². The summed E-state index contributed by atoms with van der Waals surface area (Å²) in [6.45, 7) is 2.11. The first-order valence-electron chi connectivity index (χ1n) is 4.70. The summed E-state index contributed by atoms with van der Waals surface area (Å²) in [7, 11) is 0. The molecule has 9 heteroatoms.